The summed E-state index contributed by atoms with van der Waals surface area (Å²) in [5, 5.41) is 23.2. The molecule has 0 spiro atoms. The van der Waals surface area contributed by atoms with Crippen LogP contribution in [0.5, 0.6) is 0 Å². The molecule has 0 radical (unpaired) electrons. The van der Waals surface area contributed by atoms with Gasteiger partial charge in [-0.15, -0.1) is 0 Å². The Morgan fingerprint density at radius 2 is 0.554 bits per heavy atom. The Hall–Kier alpha value is -1.40. The Kier molecular flexibility index (Phi) is 71.8. The summed E-state index contributed by atoms with van der Waals surface area (Å²) in [5.41, 5.74) is 0. The van der Waals surface area contributed by atoms with Gasteiger partial charge in [0.05, 0.1) is 25.4 Å². The molecule has 494 valence electrons. The number of nitrogens with one attached hydrogen (secondary N) is 1. The summed E-state index contributed by atoms with van der Waals surface area (Å²) in [7, 11) is 0. The Morgan fingerprint density at radius 1 is 0.325 bits per heavy atom. The SMILES string of the molecule is CCCCCCCCCCCCCCCCC/C=C/C(O)C(CO)NC(=O)CCCCCCCCCCCCCCCCCCCCCCCCCCCCCCCCOC(=O)CCCCCCCCCCCCCCCCCCCCC. The first-order valence-electron chi connectivity index (χ1n) is 38.5. The molecule has 83 heavy (non-hydrogen) atoms. The Morgan fingerprint density at radius 3 is 0.819 bits per heavy atom. The van der Waals surface area contributed by atoms with Gasteiger partial charge in [0, 0.05) is 12.8 Å². The molecule has 0 aliphatic heterocycles. The minimum atomic E-state index is -0.841. The standard InChI is InChI=1S/C77H151NO5/c1-3-5-7-9-11-13-15-17-19-21-34-39-43-47-51-55-59-63-67-71-77(82)83-72-68-64-60-56-52-48-44-40-36-33-31-29-27-25-23-22-24-26-28-30-32-35-38-42-46-50-54-58-62-66-70-76(81)78-74(73-79)75(80)69-65-61-57-53-49-45-41-37-20-18-16-14-12-10-8-6-4-2/h65,69,74-75,79-80H,3-64,66-68,70-73H2,1-2H3,(H,78,81)/b69-65+. The molecule has 6 nitrogen and oxygen atoms in total. The van der Waals surface area contributed by atoms with Gasteiger partial charge in [0.25, 0.3) is 0 Å². The van der Waals surface area contributed by atoms with Gasteiger partial charge in [0.15, 0.2) is 0 Å². The van der Waals surface area contributed by atoms with Crippen LogP contribution in [0.4, 0.5) is 0 Å². The van der Waals surface area contributed by atoms with Gasteiger partial charge in [0.1, 0.15) is 0 Å². The van der Waals surface area contributed by atoms with Crippen LogP contribution in [0, 0.1) is 0 Å². The molecule has 1 amide bonds. The maximum atomic E-state index is 12.5. The fourth-order valence-corrected chi connectivity index (χ4v) is 12.5. The van der Waals surface area contributed by atoms with Crippen molar-refractivity contribution < 1.29 is 24.5 Å². The second-order valence-corrected chi connectivity index (χ2v) is 26.7. The van der Waals surface area contributed by atoms with E-state index in [4.69, 9.17) is 4.74 Å². The normalized spacial score (nSPS) is 12.5. The van der Waals surface area contributed by atoms with E-state index in [9.17, 15) is 19.8 Å². The fourth-order valence-electron chi connectivity index (χ4n) is 12.5. The molecule has 0 heterocycles. The van der Waals surface area contributed by atoms with Crippen molar-refractivity contribution >= 4 is 11.9 Å². The first-order valence-corrected chi connectivity index (χ1v) is 38.5. The summed E-state index contributed by atoms with van der Waals surface area (Å²) in [4.78, 5) is 24.6. The molecule has 6 heteroatoms. The van der Waals surface area contributed by atoms with Gasteiger partial charge in [-0.05, 0) is 32.1 Å². The third-order valence-electron chi connectivity index (χ3n) is 18.3. The zero-order valence-electron chi connectivity index (χ0n) is 56.7. The largest absolute Gasteiger partial charge is 0.466 e. The second-order valence-electron chi connectivity index (χ2n) is 26.7. The highest BCUT2D eigenvalue weighted by molar-refractivity contribution is 5.76. The number of unbranched alkanes of at least 4 members (excludes halogenated alkanes) is 62. The average molecular weight is 1170 g/mol. The first-order chi connectivity index (χ1) is 41.0. The highest BCUT2D eigenvalue weighted by Crippen LogP contribution is 2.20. The van der Waals surface area contributed by atoms with Crippen LogP contribution in [-0.2, 0) is 14.3 Å². The Labute approximate surface area is 520 Å². The van der Waals surface area contributed by atoms with Crippen LogP contribution in [0.3, 0.4) is 0 Å². The Bertz CT molecular complexity index is 1260. The van der Waals surface area contributed by atoms with Crippen LogP contribution in [0.15, 0.2) is 12.2 Å². The van der Waals surface area contributed by atoms with Gasteiger partial charge in [-0.25, -0.2) is 0 Å². The maximum Gasteiger partial charge on any atom is 0.305 e. The van der Waals surface area contributed by atoms with Crippen LogP contribution in [0.25, 0.3) is 0 Å². The number of hydrogen-bond donors (Lipinski definition) is 3. The van der Waals surface area contributed by atoms with Crippen LogP contribution in [-0.4, -0.2) is 47.4 Å². The molecule has 0 rings (SSSR count). The lowest BCUT2D eigenvalue weighted by atomic mass is 10.0. The van der Waals surface area contributed by atoms with E-state index in [0.717, 1.165) is 38.5 Å². The van der Waals surface area contributed by atoms with E-state index in [1.54, 1.807) is 6.08 Å². The van der Waals surface area contributed by atoms with Crippen LogP contribution < -0.4 is 5.32 Å². The molecular formula is C77H151NO5. The molecule has 0 aromatic heterocycles. The number of aliphatic hydroxyl groups is 2. The van der Waals surface area contributed by atoms with E-state index in [1.165, 1.54) is 379 Å². The molecule has 0 aliphatic rings. The molecule has 0 bridgehead atoms. The molecule has 0 aliphatic carbocycles. The molecule has 0 aromatic rings. The summed E-state index contributed by atoms with van der Waals surface area (Å²) < 4.78 is 5.52. The van der Waals surface area contributed by atoms with Gasteiger partial charge in [-0.3, -0.25) is 9.59 Å². The number of amides is 1. The van der Waals surface area contributed by atoms with Gasteiger partial charge in [-0.1, -0.05) is 411 Å². The fraction of sp³-hybridized carbons (Fsp3) is 0.948. The maximum absolute atomic E-state index is 12.5. The number of hydrogen-bond acceptors (Lipinski definition) is 5. The smallest absolute Gasteiger partial charge is 0.305 e. The summed E-state index contributed by atoms with van der Waals surface area (Å²) >= 11 is 0. The highest BCUT2D eigenvalue weighted by atomic mass is 16.5. The monoisotopic (exact) mass is 1170 g/mol. The molecule has 0 saturated carbocycles. The lowest BCUT2D eigenvalue weighted by Gasteiger charge is -2.20. The number of esters is 1. The van der Waals surface area contributed by atoms with Crippen LogP contribution in [0.1, 0.15) is 444 Å². The number of rotatable bonds is 73. The van der Waals surface area contributed by atoms with E-state index < -0.39 is 12.1 Å². The van der Waals surface area contributed by atoms with Crippen molar-refractivity contribution in [1.29, 1.82) is 0 Å². The van der Waals surface area contributed by atoms with Gasteiger partial charge >= 0.3 is 5.97 Å². The number of aliphatic hydroxyl groups excluding tert-OH is 2. The molecule has 0 aromatic carbocycles. The van der Waals surface area contributed by atoms with Crippen molar-refractivity contribution in [1.82, 2.24) is 5.32 Å². The van der Waals surface area contributed by atoms with E-state index >= 15 is 0 Å². The lowest BCUT2D eigenvalue weighted by molar-refractivity contribution is -0.143. The third kappa shape index (κ3) is 69.6. The highest BCUT2D eigenvalue weighted by Gasteiger charge is 2.18. The van der Waals surface area contributed by atoms with E-state index in [2.05, 4.69) is 19.2 Å². The van der Waals surface area contributed by atoms with Crippen molar-refractivity contribution in [2.45, 2.75) is 456 Å². The Balaban J connectivity index is 3.32. The predicted molar refractivity (Wildman–Crippen MR) is 366 cm³/mol. The molecule has 0 fully saturated rings. The minimum absolute atomic E-state index is 0.0258. The van der Waals surface area contributed by atoms with Crippen molar-refractivity contribution in [3.8, 4) is 0 Å². The number of allylic oxidation sites excluding steroid dienone is 1. The molecular weight excluding hydrogens is 1020 g/mol. The molecule has 2 unspecified atom stereocenters. The van der Waals surface area contributed by atoms with E-state index in [1.807, 2.05) is 6.08 Å². The van der Waals surface area contributed by atoms with Crippen LogP contribution >= 0.6 is 0 Å². The average Bonchev–Trinajstić information content (AvgIpc) is 3.49. The van der Waals surface area contributed by atoms with Gasteiger partial charge in [-0.2, -0.15) is 0 Å². The second kappa shape index (κ2) is 73.1. The molecule has 2 atom stereocenters. The zero-order valence-corrected chi connectivity index (χ0v) is 56.7. The summed E-state index contributed by atoms with van der Waals surface area (Å²) in [6, 6.07) is -0.624. The van der Waals surface area contributed by atoms with E-state index in [-0.39, 0.29) is 18.5 Å². The number of ether oxygens (including phenoxy) is 1. The topological polar surface area (TPSA) is 95.9 Å². The van der Waals surface area contributed by atoms with Gasteiger partial charge in [0.2, 0.25) is 5.91 Å². The third-order valence-corrected chi connectivity index (χ3v) is 18.3. The molecule has 3 N–H and O–H groups in total. The van der Waals surface area contributed by atoms with Crippen molar-refractivity contribution in [3.63, 3.8) is 0 Å². The van der Waals surface area contributed by atoms with Crippen molar-refractivity contribution in [3.05, 3.63) is 12.2 Å². The zero-order chi connectivity index (χ0) is 59.9. The van der Waals surface area contributed by atoms with Gasteiger partial charge < -0.3 is 20.3 Å². The summed E-state index contributed by atoms with van der Waals surface area (Å²) in [6.45, 7) is 4.96. The summed E-state index contributed by atoms with van der Waals surface area (Å²) in [5.74, 6) is -0.0342. The van der Waals surface area contributed by atoms with Crippen molar-refractivity contribution in [2.75, 3.05) is 13.2 Å². The predicted octanol–water partition coefficient (Wildman–Crippen LogP) is 25.1. The van der Waals surface area contributed by atoms with E-state index in [0.29, 0.717) is 19.4 Å². The quantitative estimate of drug-likeness (QED) is 0.0320. The van der Waals surface area contributed by atoms with Crippen molar-refractivity contribution in [2.24, 2.45) is 0 Å². The minimum Gasteiger partial charge on any atom is -0.466 e. The summed E-state index contributed by atoms with van der Waals surface area (Å²) in [6.07, 6.45) is 91.8. The number of carbonyl (C=O) groups is 2. The first kappa shape index (κ1) is 81.6. The number of carbonyl (C=O) groups excluding carboxylic acids is 2. The molecule has 0 saturated heterocycles. The van der Waals surface area contributed by atoms with Crippen LogP contribution in [0.2, 0.25) is 0 Å². The lowest BCUT2D eigenvalue weighted by Crippen LogP contribution is -2.45.